The highest BCUT2D eigenvalue weighted by Crippen LogP contribution is 2.66. The van der Waals surface area contributed by atoms with Crippen LogP contribution in [-0.4, -0.2) is 49.0 Å². The van der Waals surface area contributed by atoms with E-state index in [0.29, 0.717) is 30.4 Å². The Morgan fingerprint density at radius 3 is 1.89 bits per heavy atom. The van der Waals surface area contributed by atoms with Crippen LogP contribution >= 0.6 is 0 Å². The van der Waals surface area contributed by atoms with E-state index in [1.165, 1.54) is 0 Å². The van der Waals surface area contributed by atoms with Crippen LogP contribution in [0.2, 0.25) is 0 Å². The van der Waals surface area contributed by atoms with E-state index in [-0.39, 0.29) is 23.9 Å². The summed E-state index contributed by atoms with van der Waals surface area (Å²) in [7, 11) is -8.69. The number of hydrogen-bond acceptors (Lipinski definition) is 6. The molecule has 3 atom stereocenters. The number of carbonyl (C=O) groups is 2. The van der Waals surface area contributed by atoms with E-state index in [2.05, 4.69) is 0 Å². The second-order valence-electron chi connectivity index (χ2n) is 12.4. The molecular formula is C28H36O8S2. The molecule has 0 saturated heterocycles. The second-order valence-corrected chi connectivity index (χ2v) is 15.3. The Hall–Kier alpha value is -2.14. The lowest BCUT2D eigenvalue weighted by molar-refractivity contribution is -0.126. The zero-order valence-electron chi connectivity index (χ0n) is 22.4. The average Bonchev–Trinajstić information content (AvgIpc) is 3.18. The van der Waals surface area contributed by atoms with Gasteiger partial charge in [-0.15, -0.1) is 0 Å². The summed E-state index contributed by atoms with van der Waals surface area (Å²) < 4.78 is 66.1. The molecule has 1 unspecified atom stereocenters. The summed E-state index contributed by atoms with van der Waals surface area (Å²) in [5.74, 6) is -1.80. The Balaban J connectivity index is 1.63. The Kier molecular flexibility index (Phi) is 6.79. The summed E-state index contributed by atoms with van der Waals surface area (Å²) in [4.78, 5) is 26.8. The van der Waals surface area contributed by atoms with Crippen molar-refractivity contribution in [2.24, 2.45) is 27.6 Å². The van der Waals surface area contributed by atoms with Gasteiger partial charge in [0.05, 0.1) is 22.3 Å². The molecule has 1 aromatic rings. The van der Waals surface area contributed by atoms with E-state index in [1.807, 2.05) is 52.0 Å². The Morgan fingerprint density at radius 1 is 0.868 bits per heavy atom. The first-order valence-electron chi connectivity index (χ1n) is 12.8. The molecule has 2 bridgehead atoms. The van der Waals surface area contributed by atoms with Crippen molar-refractivity contribution in [1.29, 1.82) is 0 Å². The van der Waals surface area contributed by atoms with Crippen LogP contribution in [0.25, 0.3) is 12.2 Å². The summed E-state index contributed by atoms with van der Waals surface area (Å²) in [6.07, 6.45) is 5.29. The maximum atomic E-state index is 13.4. The van der Waals surface area contributed by atoms with E-state index in [1.54, 1.807) is 19.1 Å². The van der Waals surface area contributed by atoms with E-state index < -0.39 is 53.4 Å². The molecule has 8 nitrogen and oxygen atoms in total. The lowest BCUT2D eigenvalue weighted by atomic mass is 9.67. The van der Waals surface area contributed by atoms with Gasteiger partial charge in [-0.25, -0.2) is 0 Å². The van der Waals surface area contributed by atoms with Gasteiger partial charge in [0.25, 0.3) is 20.2 Å². The van der Waals surface area contributed by atoms with Crippen molar-refractivity contribution >= 4 is 44.0 Å². The van der Waals surface area contributed by atoms with Crippen molar-refractivity contribution in [1.82, 2.24) is 0 Å². The third kappa shape index (κ3) is 4.53. The lowest BCUT2D eigenvalue weighted by Gasteiger charge is -2.37. The van der Waals surface area contributed by atoms with Gasteiger partial charge in [-0.2, -0.15) is 16.8 Å². The molecule has 3 aliphatic rings. The van der Waals surface area contributed by atoms with Crippen LogP contribution < -0.4 is 0 Å². The van der Waals surface area contributed by atoms with Gasteiger partial charge < -0.3 is 0 Å². The number of carbonyl (C=O) groups excluding carboxylic acids is 2. The van der Waals surface area contributed by atoms with Crippen LogP contribution in [0.15, 0.2) is 35.4 Å². The van der Waals surface area contributed by atoms with Gasteiger partial charge >= 0.3 is 0 Å². The highest BCUT2D eigenvalue weighted by Gasteiger charge is 2.67. The highest BCUT2D eigenvalue weighted by atomic mass is 32.2. The Bertz CT molecular complexity index is 1460. The third-order valence-corrected chi connectivity index (χ3v) is 11.5. The quantitative estimate of drug-likeness (QED) is 0.360. The van der Waals surface area contributed by atoms with E-state index in [0.717, 1.165) is 11.1 Å². The van der Waals surface area contributed by atoms with Crippen molar-refractivity contribution in [3.05, 3.63) is 46.5 Å². The Labute approximate surface area is 225 Å². The predicted octanol–water partition coefficient (Wildman–Crippen LogP) is 4.63. The van der Waals surface area contributed by atoms with Gasteiger partial charge in [-0.1, -0.05) is 58.9 Å². The zero-order valence-corrected chi connectivity index (χ0v) is 24.1. The molecule has 0 amide bonds. The molecule has 4 rings (SSSR count). The molecule has 2 N–H and O–H groups in total. The number of Topliss-reactive ketones (excluding diaryl/α,β-unsaturated/α-hetero) is 2. The summed E-state index contributed by atoms with van der Waals surface area (Å²) in [6.45, 7) is 9.23. The summed E-state index contributed by atoms with van der Waals surface area (Å²) in [5.41, 5.74) is -1.02. The highest BCUT2D eigenvalue weighted by molar-refractivity contribution is 7.86. The minimum atomic E-state index is -4.36. The van der Waals surface area contributed by atoms with Crippen molar-refractivity contribution < 1.29 is 35.5 Å². The van der Waals surface area contributed by atoms with Crippen molar-refractivity contribution in [3.8, 4) is 0 Å². The maximum absolute atomic E-state index is 13.4. The molecule has 0 heterocycles. The SMILES string of the molecule is CC[C@@]1(CS(=O)(=O)O)C(=O)/C(=C\c2ccc(/C=C3\C(=O)[C@]4(CS(=O)(=O)O)CCC3C4(C)C)cc2)CC1(C)C. The number of ketones is 2. The maximum Gasteiger partial charge on any atom is 0.265 e. The van der Waals surface area contributed by atoms with E-state index in [9.17, 15) is 35.5 Å². The van der Waals surface area contributed by atoms with Crippen LogP contribution in [0.5, 0.6) is 0 Å². The molecule has 10 heteroatoms. The molecule has 0 spiro atoms. The van der Waals surface area contributed by atoms with Gasteiger partial charge in [0, 0.05) is 5.57 Å². The van der Waals surface area contributed by atoms with Crippen LogP contribution in [0.1, 0.15) is 71.4 Å². The molecule has 38 heavy (non-hydrogen) atoms. The number of rotatable bonds is 7. The molecule has 3 aliphatic carbocycles. The number of benzene rings is 1. The van der Waals surface area contributed by atoms with E-state index in [4.69, 9.17) is 0 Å². The lowest BCUT2D eigenvalue weighted by Crippen LogP contribution is -2.43. The standard InChI is InChI=1S/C28H36O8S2/c1-6-27(16-37(31,32)33)23(29)20(15-25(27,2)3)13-18-7-9-19(10-8-18)14-21-22-11-12-28(24(21)30,26(22,4)5)17-38(34,35)36/h7-10,13-14,22H,6,11-12,15-17H2,1-5H3,(H,31,32,33)(H,34,35,36)/b20-13-,21-14-/t22?,27-,28-/m1/s1. The van der Waals surface area contributed by atoms with Crippen LogP contribution in [-0.2, 0) is 29.8 Å². The fourth-order valence-electron chi connectivity index (χ4n) is 7.43. The minimum absolute atomic E-state index is 0.109. The third-order valence-electron chi connectivity index (χ3n) is 9.75. The van der Waals surface area contributed by atoms with Crippen molar-refractivity contribution in [2.45, 2.75) is 60.3 Å². The molecule has 0 aromatic heterocycles. The summed E-state index contributed by atoms with van der Waals surface area (Å²) in [5, 5.41) is 0. The number of hydrogen-bond donors (Lipinski definition) is 2. The van der Waals surface area contributed by atoms with Gasteiger partial charge in [-0.3, -0.25) is 18.7 Å². The van der Waals surface area contributed by atoms with Gasteiger partial charge in [0.1, 0.15) is 0 Å². The fraction of sp³-hybridized carbons (Fsp3) is 0.571. The molecule has 0 radical (unpaired) electrons. The average molecular weight is 565 g/mol. The van der Waals surface area contributed by atoms with Crippen LogP contribution in [0.3, 0.4) is 0 Å². The Morgan fingerprint density at radius 2 is 1.39 bits per heavy atom. The first-order valence-corrected chi connectivity index (χ1v) is 16.0. The predicted molar refractivity (Wildman–Crippen MR) is 145 cm³/mol. The van der Waals surface area contributed by atoms with Crippen LogP contribution in [0, 0.1) is 27.6 Å². The fourth-order valence-corrected chi connectivity index (χ4v) is 10.1. The van der Waals surface area contributed by atoms with Gasteiger partial charge in [0.2, 0.25) is 0 Å². The topological polar surface area (TPSA) is 143 Å². The molecule has 1 aromatic carbocycles. The van der Waals surface area contributed by atoms with Crippen molar-refractivity contribution in [3.63, 3.8) is 0 Å². The summed E-state index contributed by atoms with van der Waals surface area (Å²) >= 11 is 0. The van der Waals surface area contributed by atoms with Crippen molar-refractivity contribution in [2.75, 3.05) is 11.5 Å². The minimum Gasteiger partial charge on any atom is -0.294 e. The number of allylic oxidation sites excluding steroid dienone is 2. The first kappa shape index (κ1) is 28.9. The normalized spacial score (nSPS) is 32.6. The largest absolute Gasteiger partial charge is 0.294 e. The first-order chi connectivity index (χ1) is 17.3. The smallest absolute Gasteiger partial charge is 0.265 e. The second kappa shape index (κ2) is 8.94. The molecular weight excluding hydrogens is 528 g/mol. The van der Waals surface area contributed by atoms with Gasteiger partial charge in [0.15, 0.2) is 11.6 Å². The summed E-state index contributed by atoms with van der Waals surface area (Å²) in [6, 6.07) is 7.25. The number of fused-ring (bicyclic) bond motifs is 2. The van der Waals surface area contributed by atoms with Crippen LogP contribution in [0.4, 0.5) is 0 Å². The van der Waals surface area contributed by atoms with Gasteiger partial charge in [-0.05, 0) is 71.3 Å². The zero-order chi connectivity index (χ0) is 28.5. The molecule has 208 valence electrons. The molecule has 3 fully saturated rings. The monoisotopic (exact) mass is 564 g/mol. The molecule has 3 saturated carbocycles. The molecule has 0 aliphatic heterocycles. The van der Waals surface area contributed by atoms with E-state index >= 15 is 0 Å².